The van der Waals surface area contributed by atoms with Crippen LogP contribution in [0, 0.1) is 5.92 Å². The van der Waals surface area contributed by atoms with Crippen molar-refractivity contribution in [3.05, 3.63) is 34.3 Å². The van der Waals surface area contributed by atoms with Crippen LogP contribution in [0.2, 0.25) is 0 Å². The summed E-state index contributed by atoms with van der Waals surface area (Å²) in [4.78, 5) is 23.1. The fraction of sp³-hybridized carbons (Fsp3) is 0.385. The Bertz CT molecular complexity index is 412. The molecule has 92 valence electrons. The van der Waals surface area contributed by atoms with Crippen molar-refractivity contribution in [3.8, 4) is 0 Å². The van der Waals surface area contributed by atoms with Crippen LogP contribution in [0.15, 0.2) is 28.7 Å². The number of ketones is 2. The van der Waals surface area contributed by atoms with Crippen LogP contribution in [0.4, 0.5) is 4.39 Å². The molecule has 0 fully saturated rings. The second-order valence-electron chi connectivity index (χ2n) is 4.30. The van der Waals surface area contributed by atoms with Gasteiger partial charge in [-0.3, -0.25) is 9.59 Å². The molecule has 0 spiro atoms. The van der Waals surface area contributed by atoms with Crippen molar-refractivity contribution in [1.82, 2.24) is 0 Å². The molecule has 2 nitrogen and oxygen atoms in total. The number of carbonyl (C=O) groups is 2. The molecule has 4 heteroatoms. The Morgan fingerprint density at radius 2 is 1.76 bits per heavy atom. The SMILES string of the molecule is CC(C)CC(=O)C(F)C(=O)c1ccc(Br)cc1. The molecule has 0 aliphatic rings. The molecule has 17 heavy (non-hydrogen) atoms. The Kier molecular flexibility index (Phi) is 5.00. The number of alkyl halides is 1. The summed E-state index contributed by atoms with van der Waals surface area (Å²) in [6.45, 7) is 3.63. The summed E-state index contributed by atoms with van der Waals surface area (Å²) in [5, 5.41) is 0. The minimum Gasteiger partial charge on any atom is -0.296 e. The van der Waals surface area contributed by atoms with Crippen LogP contribution >= 0.6 is 15.9 Å². The number of benzene rings is 1. The fourth-order valence-corrected chi connectivity index (χ4v) is 1.68. The lowest BCUT2D eigenvalue weighted by atomic mass is 9.98. The second kappa shape index (κ2) is 6.05. The van der Waals surface area contributed by atoms with Crippen LogP contribution in [0.1, 0.15) is 30.6 Å². The van der Waals surface area contributed by atoms with Gasteiger partial charge in [-0.05, 0) is 18.1 Å². The third-order valence-electron chi connectivity index (χ3n) is 2.25. The zero-order valence-electron chi connectivity index (χ0n) is 9.74. The van der Waals surface area contributed by atoms with Crippen molar-refractivity contribution in [1.29, 1.82) is 0 Å². The van der Waals surface area contributed by atoms with Gasteiger partial charge in [0.15, 0.2) is 5.78 Å². The molecule has 1 atom stereocenters. The van der Waals surface area contributed by atoms with Crippen molar-refractivity contribution in [2.45, 2.75) is 26.4 Å². The van der Waals surface area contributed by atoms with Crippen LogP contribution in [-0.2, 0) is 4.79 Å². The van der Waals surface area contributed by atoms with E-state index < -0.39 is 17.7 Å². The molecule has 0 saturated heterocycles. The summed E-state index contributed by atoms with van der Waals surface area (Å²) >= 11 is 3.22. The van der Waals surface area contributed by atoms with Crippen molar-refractivity contribution < 1.29 is 14.0 Å². The van der Waals surface area contributed by atoms with E-state index in [1.54, 1.807) is 12.1 Å². The topological polar surface area (TPSA) is 34.1 Å². The first-order valence-corrected chi connectivity index (χ1v) is 6.17. The standard InChI is InChI=1S/C13H14BrFO2/c1-8(2)7-11(16)12(15)13(17)9-3-5-10(14)6-4-9/h3-6,8,12H,7H2,1-2H3. The van der Waals surface area contributed by atoms with E-state index in [0.717, 1.165) is 4.47 Å². The Morgan fingerprint density at radius 3 is 2.24 bits per heavy atom. The highest BCUT2D eigenvalue weighted by Crippen LogP contribution is 2.15. The van der Waals surface area contributed by atoms with Gasteiger partial charge in [-0.25, -0.2) is 4.39 Å². The van der Waals surface area contributed by atoms with Crippen molar-refractivity contribution >= 4 is 27.5 Å². The number of rotatable bonds is 5. The summed E-state index contributed by atoms with van der Waals surface area (Å²) < 4.78 is 14.4. The van der Waals surface area contributed by atoms with Gasteiger partial charge in [-0.15, -0.1) is 0 Å². The van der Waals surface area contributed by atoms with Crippen LogP contribution in [-0.4, -0.2) is 17.7 Å². The Labute approximate surface area is 108 Å². The summed E-state index contributed by atoms with van der Waals surface area (Å²) in [5.41, 5.74) is 0.220. The van der Waals surface area contributed by atoms with Crippen molar-refractivity contribution in [3.63, 3.8) is 0 Å². The number of hydrogen-bond acceptors (Lipinski definition) is 2. The van der Waals surface area contributed by atoms with Gasteiger partial charge >= 0.3 is 0 Å². The van der Waals surface area contributed by atoms with E-state index in [1.807, 2.05) is 13.8 Å². The lowest BCUT2D eigenvalue weighted by Crippen LogP contribution is -2.26. The molecular weight excluding hydrogens is 287 g/mol. The summed E-state index contributed by atoms with van der Waals surface area (Å²) in [5.74, 6) is -1.35. The van der Waals surface area contributed by atoms with Gasteiger partial charge < -0.3 is 0 Å². The van der Waals surface area contributed by atoms with Crippen LogP contribution in [0.3, 0.4) is 0 Å². The molecular formula is C13H14BrFO2. The lowest BCUT2D eigenvalue weighted by Gasteiger charge is -2.08. The van der Waals surface area contributed by atoms with Crippen LogP contribution in [0.25, 0.3) is 0 Å². The van der Waals surface area contributed by atoms with E-state index in [-0.39, 0.29) is 17.9 Å². The predicted octanol–water partition coefficient (Wildman–Crippen LogP) is 3.59. The number of hydrogen-bond donors (Lipinski definition) is 0. The molecule has 1 unspecified atom stereocenters. The number of halogens is 2. The summed E-state index contributed by atoms with van der Waals surface area (Å²) in [6, 6.07) is 6.29. The monoisotopic (exact) mass is 300 g/mol. The van der Waals surface area contributed by atoms with E-state index in [1.165, 1.54) is 12.1 Å². The number of Topliss-reactive ketones (excluding diaryl/α,β-unsaturated/α-hetero) is 2. The second-order valence-corrected chi connectivity index (χ2v) is 5.21. The first kappa shape index (κ1) is 14.0. The van der Waals surface area contributed by atoms with Gasteiger partial charge in [0, 0.05) is 16.5 Å². The molecule has 0 heterocycles. The van der Waals surface area contributed by atoms with E-state index in [9.17, 15) is 14.0 Å². The average Bonchev–Trinajstić information content (AvgIpc) is 2.27. The largest absolute Gasteiger partial charge is 0.296 e. The Balaban J connectivity index is 2.76. The van der Waals surface area contributed by atoms with Crippen molar-refractivity contribution in [2.24, 2.45) is 5.92 Å². The maximum absolute atomic E-state index is 13.6. The third-order valence-corrected chi connectivity index (χ3v) is 2.78. The Morgan fingerprint density at radius 1 is 1.24 bits per heavy atom. The smallest absolute Gasteiger partial charge is 0.220 e. The first-order chi connectivity index (χ1) is 7.91. The molecule has 0 N–H and O–H groups in total. The predicted molar refractivity (Wildman–Crippen MR) is 67.8 cm³/mol. The fourth-order valence-electron chi connectivity index (χ4n) is 1.41. The van der Waals surface area contributed by atoms with Gasteiger partial charge in [-0.1, -0.05) is 41.9 Å². The maximum Gasteiger partial charge on any atom is 0.220 e. The molecule has 1 aromatic carbocycles. The van der Waals surface area contributed by atoms with E-state index in [0.29, 0.717) is 0 Å². The van der Waals surface area contributed by atoms with E-state index in [2.05, 4.69) is 15.9 Å². The average molecular weight is 301 g/mol. The summed E-state index contributed by atoms with van der Waals surface area (Å²) in [7, 11) is 0. The zero-order chi connectivity index (χ0) is 13.0. The van der Waals surface area contributed by atoms with E-state index in [4.69, 9.17) is 0 Å². The molecule has 0 aromatic heterocycles. The van der Waals surface area contributed by atoms with Gasteiger partial charge in [0.2, 0.25) is 12.0 Å². The molecule has 0 bridgehead atoms. The zero-order valence-corrected chi connectivity index (χ0v) is 11.3. The molecule has 0 amide bonds. The normalized spacial score (nSPS) is 12.5. The first-order valence-electron chi connectivity index (χ1n) is 5.38. The Hall–Kier alpha value is -1.03. The maximum atomic E-state index is 13.6. The van der Waals surface area contributed by atoms with E-state index >= 15 is 0 Å². The summed E-state index contributed by atoms with van der Waals surface area (Å²) in [6.07, 6.45) is -1.96. The highest BCUT2D eigenvalue weighted by atomic mass is 79.9. The van der Waals surface area contributed by atoms with Crippen LogP contribution in [0.5, 0.6) is 0 Å². The van der Waals surface area contributed by atoms with Crippen LogP contribution < -0.4 is 0 Å². The highest BCUT2D eigenvalue weighted by Gasteiger charge is 2.27. The van der Waals surface area contributed by atoms with Gasteiger partial charge in [-0.2, -0.15) is 0 Å². The molecule has 0 saturated carbocycles. The molecule has 0 aliphatic carbocycles. The molecule has 0 aliphatic heterocycles. The molecule has 1 aromatic rings. The van der Waals surface area contributed by atoms with Gasteiger partial charge in [0.05, 0.1) is 0 Å². The minimum absolute atomic E-state index is 0.0541. The molecule has 1 rings (SSSR count). The van der Waals surface area contributed by atoms with Crippen molar-refractivity contribution in [2.75, 3.05) is 0 Å². The molecule has 0 radical (unpaired) electrons. The minimum atomic E-state index is -2.04. The lowest BCUT2D eigenvalue weighted by molar-refractivity contribution is -0.122. The van der Waals surface area contributed by atoms with Gasteiger partial charge in [0.1, 0.15) is 0 Å². The highest BCUT2D eigenvalue weighted by molar-refractivity contribution is 9.10. The quantitative estimate of drug-likeness (QED) is 0.615. The third kappa shape index (κ3) is 4.04. The number of carbonyl (C=O) groups excluding carboxylic acids is 2. The van der Waals surface area contributed by atoms with Gasteiger partial charge in [0.25, 0.3) is 0 Å².